The number of aromatic nitrogens is 2. The number of rotatable bonds is 6. The zero-order valence-electron chi connectivity index (χ0n) is 13.5. The molecule has 0 fully saturated rings. The highest BCUT2D eigenvalue weighted by Crippen LogP contribution is 2.12. The number of carbonyl (C=O) groups is 1. The van der Waals surface area contributed by atoms with Crippen LogP contribution in [0.5, 0.6) is 0 Å². The SMILES string of the molecule is CCOC(=O)c1ccc(S(=O)(=O)NNc2nc(C)cc(C)n2)cc1. The van der Waals surface area contributed by atoms with Crippen molar-refractivity contribution in [3.05, 3.63) is 47.3 Å². The Kier molecular flexibility index (Phi) is 5.47. The molecule has 0 saturated heterocycles. The lowest BCUT2D eigenvalue weighted by Gasteiger charge is -2.09. The van der Waals surface area contributed by atoms with E-state index < -0.39 is 16.0 Å². The lowest BCUT2D eigenvalue weighted by molar-refractivity contribution is 0.0526. The number of ether oxygens (including phenoxy) is 1. The van der Waals surface area contributed by atoms with Gasteiger partial charge in [0.15, 0.2) is 0 Å². The number of sulfonamides is 1. The number of nitrogens with one attached hydrogen (secondary N) is 2. The summed E-state index contributed by atoms with van der Waals surface area (Å²) in [4.78, 5) is 21.9. The van der Waals surface area contributed by atoms with Gasteiger partial charge in [0.05, 0.1) is 17.1 Å². The minimum absolute atomic E-state index is 0.00702. The maximum atomic E-state index is 12.2. The number of benzene rings is 1. The van der Waals surface area contributed by atoms with Crippen molar-refractivity contribution in [1.82, 2.24) is 14.8 Å². The second-order valence-electron chi connectivity index (χ2n) is 4.95. The largest absolute Gasteiger partial charge is 0.462 e. The molecule has 0 aliphatic carbocycles. The Labute approximate surface area is 140 Å². The van der Waals surface area contributed by atoms with Gasteiger partial charge in [-0.1, -0.05) is 0 Å². The summed E-state index contributed by atoms with van der Waals surface area (Å²) in [5.41, 5.74) is 4.17. The molecule has 1 aromatic heterocycles. The average molecular weight is 350 g/mol. The summed E-state index contributed by atoms with van der Waals surface area (Å²) < 4.78 is 29.3. The molecule has 2 rings (SSSR count). The lowest BCUT2D eigenvalue weighted by atomic mass is 10.2. The van der Waals surface area contributed by atoms with Gasteiger partial charge in [0.2, 0.25) is 5.95 Å². The number of aryl methyl sites for hydroxylation is 2. The second-order valence-corrected chi connectivity index (χ2v) is 6.63. The summed E-state index contributed by atoms with van der Waals surface area (Å²) in [7, 11) is -3.83. The number of hydrogen-bond donors (Lipinski definition) is 2. The third-order valence-corrected chi connectivity index (χ3v) is 4.22. The molecule has 128 valence electrons. The number of hydrogen-bond acceptors (Lipinski definition) is 7. The van der Waals surface area contributed by atoms with Crippen molar-refractivity contribution in [2.45, 2.75) is 25.7 Å². The van der Waals surface area contributed by atoms with E-state index in [4.69, 9.17) is 4.74 Å². The fourth-order valence-corrected chi connectivity index (χ4v) is 2.78. The number of esters is 1. The van der Waals surface area contributed by atoms with Crippen LogP contribution in [0.1, 0.15) is 28.7 Å². The van der Waals surface area contributed by atoms with Crippen molar-refractivity contribution < 1.29 is 17.9 Å². The molecule has 9 heteroatoms. The lowest BCUT2D eigenvalue weighted by Crippen LogP contribution is -2.30. The van der Waals surface area contributed by atoms with Crippen LogP contribution in [-0.4, -0.2) is 31.0 Å². The van der Waals surface area contributed by atoms with E-state index in [9.17, 15) is 13.2 Å². The fourth-order valence-electron chi connectivity index (χ4n) is 1.94. The van der Waals surface area contributed by atoms with E-state index in [1.807, 2.05) is 0 Å². The van der Waals surface area contributed by atoms with Crippen LogP contribution in [0.2, 0.25) is 0 Å². The second kappa shape index (κ2) is 7.37. The number of anilines is 1. The molecule has 0 aliphatic rings. The average Bonchev–Trinajstić information content (AvgIpc) is 2.52. The van der Waals surface area contributed by atoms with Crippen molar-refractivity contribution in [2.24, 2.45) is 0 Å². The predicted octanol–water partition coefficient (Wildman–Crippen LogP) is 1.58. The Morgan fingerprint density at radius 1 is 1.12 bits per heavy atom. The van der Waals surface area contributed by atoms with E-state index in [-0.39, 0.29) is 23.0 Å². The van der Waals surface area contributed by atoms with Crippen molar-refractivity contribution in [1.29, 1.82) is 0 Å². The van der Waals surface area contributed by atoms with Gasteiger partial charge in [0.1, 0.15) is 0 Å². The van der Waals surface area contributed by atoms with Crippen LogP contribution in [0, 0.1) is 13.8 Å². The van der Waals surface area contributed by atoms with Crippen LogP contribution in [0.15, 0.2) is 35.2 Å². The standard InChI is InChI=1S/C15H18N4O4S/c1-4-23-14(20)12-5-7-13(8-6-12)24(21,22)19-18-15-16-10(2)9-11(3)17-15/h5-9,19H,4H2,1-3H3,(H,16,17,18). The van der Waals surface area contributed by atoms with Crippen molar-refractivity contribution >= 4 is 21.9 Å². The van der Waals surface area contributed by atoms with Gasteiger partial charge < -0.3 is 4.74 Å². The Bertz CT molecular complexity index is 815. The maximum Gasteiger partial charge on any atom is 0.338 e. The zero-order chi connectivity index (χ0) is 17.7. The highest BCUT2D eigenvalue weighted by Gasteiger charge is 2.15. The normalized spacial score (nSPS) is 11.1. The molecule has 24 heavy (non-hydrogen) atoms. The van der Waals surface area contributed by atoms with Gasteiger partial charge in [0, 0.05) is 11.4 Å². The first-order valence-corrected chi connectivity index (χ1v) is 8.67. The van der Waals surface area contributed by atoms with Gasteiger partial charge in [-0.05, 0) is 51.1 Å². The van der Waals surface area contributed by atoms with Gasteiger partial charge >= 0.3 is 5.97 Å². The smallest absolute Gasteiger partial charge is 0.338 e. The highest BCUT2D eigenvalue weighted by atomic mass is 32.2. The third kappa shape index (κ3) is 4.49. The van der Waals surface area contributed by atoms with E-state index in [2.05, 4.69) is 20.2 Å². The summed E-state index contributed by atoms with van der Waals surface area (Å²) in [6.07, 6.45) is 0. The third-order valence-electron chi connectivity index (χ3n) is 2.96. The van der Waals surface area contributed by atoms with Gasteiger partial charge in [-0.2, -0.15) is 0 Å². The van der Waals surface area contributed by atoms with Crippen LogP contribution in [0.25, 0.3) is 0 Å². The topological polar surface area (TPSA) is 110 Å². The number of nitrogens with zero attached hydrogens (tertiary/aromatic N) is 2. The molecule has 1 heterocycles. The van der Waals surface area contributed by atoms with E-state index >= 15 is 0 Å². The van der Waals surface area contributed by atoms with Crippen molar-refractivity contribution in [2.75, 3.05) is 12.0 Å². The minimum atomic E-state index is -3.83. The van der Waals surface area contributed by atoms with Gasteiger partial charge in [-0.15, -0.1) is 4.83 Å². The molecule has 2 aromatic rings. The van der Waals surface area contributed by atoms with E-state index in [0.29, 0.717) is 11.4 Å². The Balaban J connectivity index is 2.11. The first-order valence-electron chi connectivity index (χ1n) is 7.19. The molecule has 2 N–H and O–H groups in total. The first-order chi connectivity index (χ1) is 11.3. The van der Waals surface area contributed by atoms with Crippen LogP contribution in [0.4, 0.5) is 5.95 Å². The molecular weight excluding hydrogens is 332 g/mol. The van der Waals surface area contributed by atoms with Gasteiger partial charge in [-0.3, -0.25) is 5.43 Å². The first kappa shape index (κ1) is 17.8. The molecular formula is C15H18N4O4S. The Hall–Kier alpha value is -2.52. The molecule has 0 bridgehead atoms. The zero-order valence-corrected chi connectivity index (χ0v) is 14.3. The van der Waals surface area contributed by atoms with E-state index in [1.54, 1.807) is 26.8 Å². The molecule has 1 aromatic carbocycles. The number of carbonyl (C=O) groups excluding carboxylic acids is 1. The molecule has 0 amide bonds. The van der Waals surface area contributed by atoms with E-state index in [0.717, 1.165) is 0 Å². The highest BCUT2D eigenvalue weighted by molar-refractivity contribution is 7.89. The van der Waals surface area contributed by atoms with E-state index in [1.165, 1.54) is 24.3 Å². The van der Waals surface area contributed by atoms with Crippen LogP contribution in [-0.2, 0) is 14.8 Å². The summed E-state index contributed by atoms with van der Waals surface area (Å²) in [6.45, 7) is 5.51. The molecule has 0 saturated carbocycles. The predicted molar refractivity (Wildman–Crippen MR) is 87.8 cm³/mol. The Morgan fingerprint density at radius 2 is 1.71 bits per heavy atom. The Morgan fingerprint density at radius 3 is 2.25 bits per heavy atom. The van der Waals surface area contributed by atoms with Crippen molar-refractivity contribution in [3.63, 3.8) is 0 Å². The number of hydrazine groups is 1. The maximum absolute atomic E-state index is 12.2. The summed E-state index contributed by atoms with van der Waals surface area (Å²) in [5.74, 6) is -0.351. The van der Waals surface area contributed by atoms with Crippen LogP contribution in [0.3, 0.4) is 0 Å². The van der Waals surface area contributed by atoms with Crippen molar-refractivity contribution in [3.8, 4) is 0 Å². The molecule has 0 unspecified atom stereocenters. The molecule has 0 radical (unpaired) electrons. The van der Waals surface area contributed by atoms with Gasteiger partial charge in [-0.25, -0.2) is 23.2 Å². The van der Waals surface area contributed by atoms with Crippen LogP contribution < -0.4 is 10.3 Å². The summed E-state index contributed by atoms with van der Waals surface area (Å²) >= 11 is 0. The summed E-state index contributed by atoms with van der Waals surface area (Å²) in [5, 5.41) is 0. The molecule has 0 spiro atoms. The molecule has 0 aliphatic heterocycles. The monoisotopic (exact) mass is 350 g/mol. The summed E-state index contributed by atoms with van der Waals surface area (Å²) in [6, 6.07) is 7.19. The fraction of sp³-hybridized carbons (Fsp3) is 0.267. The minimum Gasteiger partial charge on any atom is -0.462 e. The molecule has 0 atom stereocenters. The molecule has 8 nitrogen and oxygen atoms in total. The van der Waals surface area contributed by atoms with Crippen LogP contribution >= 0.6 is 0 Å². The van der Waals surface area contributed by atoms with Gasteiger partial charge in [0.25, 0.3) is 10.0 Å². The quantitative estimate of drug-likeness (QED) is 0.601.